The minimum Gasteiger partial charge on any atom is -0.330 e. The second kappa shape index (κ2) is 9.92. The molecule has 0 saturated carbocycles. The van der Waals surface area contributed by atoms with E-state index in [1.807, 2.05) is 29.6 Å². The van der Waals surface area contributed by atoms with Crippen molar-refractivity contribution in [2.24, 2.45) is 0 Å². The number of rotatable bonds is 8. The number of halogens is 2. The number of thiazole rings is 1. The zero-order valence-corrected chi connectivity index (χ0v) is 17.8. The van der Waals surface area contributed by atoms with Gasteiger partial charge in [0.15, 0.2) is 5.13 Å². The van der Waals surface area contributed by atoms with Gasteiger partial charge in [0.25, 0.3) is 0 Å². The molecule has 0 aliphatic rings. The van der Waals surface area contributed by atoms with E-state index in [4.69, 9.17) is 23.2 Å². The van der Waals surface area contributed by atoms with Crippen LogP contribution in [-0.2, 0) is 4.79 Å². The standard InChI is InChI=1S/C21H21Cl2N3OS/c1-2-3-4-5-20(27)24-16-9-6-14(7-10-16)19-13-28-21(26-19)25-18-12-15(22)8-11-17(18)23/h6-13H,2-5H2,1H3,(H,24,27)(H,25,26). The molecule has 1 aromatic heterocycles. The molecule has 28 heavy (non-hydrogen) atoms. The molecule has 0 bridgehead atoms. The van der Waals surface area contributed by atoms with Crippen LogP contribution in [0.5, 0.6) is 0 Å². The maximum Gasteiger partial charge on any atom is 0.224 e. The number of carbonyl (C=O) groups excluding carboxylic acids is 1. The monoisotopic (exact) mass is 433 g/mol. The van der Waals surface area contributed by atoms with Crippen LogP contribution in [-0.4, -0.2) is 10.9 Å². The van der Waals surface area contributed by atoms with Crippen LogP contribution in [0.2, 0.25) is 10.0 Å². The first-order valence-electron chi connectivity index (χ1n) is 9.13. The highest BCUT2D eigenvalue weighted by atomic mass is 35.5. The van der Waals surface area contributed by atoms with Crippen molar-refractivity contribution in [3.05, 3.63) is 57.9 Å². The zero-order valence-electron chi connectivity index (χ0n) is 15.5. The van der Waals surface area contributed by atoms with Crippen LogP contribution >= 0.6 is 34.5 Å². The third kappa shape index (κ3) is 5.71. The maximum absolute atomic E-state index is 11.9. The SMILES string of the molecule is CCCCCC(=O)Nc1ccc(-c2csc(Nc3cc(Cl)ccc3Cl)n2)cc1. The molecular weight excluding hydrogens is 413 g/mol. The molecule has 0 aliphatic carbocycles. The minimum atomic E-state index is 0.0553. The number of unbranched alkanes of at least 4 members (excludes halogenated alkanes) is 2. The van der Waals surface area contributed by atoms with Crippen LogP contribution in [0.4, 0.5) is 16.5 Å². The number of benzene rings is 2. The number of nitrogens with zero attached hydrogens (tertiary/aromatic N) is 1. The van der Waals surface area contributed by atoms with Crippen molar-refractivity contribution in [1.82, 2.24) is 4.98 Å². The van der Waals surface area contributed by atoms with Crippen molar-refractivity contribution >= 4 is 57.0 Å². The molecule has 0 atom stereocenters. The van der Waals surface area contributed by atoms with E-state index >= 15 is 0 Å². The third-order valence-electron chi connectivity index (χ3n) is 4.15. The lowest BCUT2D eigenvalue weighted by Gasteiger charge is -2.06. The van der Waals surface area contributed by atoms with Gasteiger partial charge >= 0.3 is 0 Å². The van der Waals surface area contributed by atoms with Crippen LogP contribution in [0.25, 0.3) is 11.3 Å². The second-order valence-electron chi connectivity index (χ2n) is 6.37. The maximum atomic E-state index is 11.9. The first-order valence-corrected chi connectivity index (χ1v) is 10.8. The van der Waals surface area contributed by atoms with Crippen molar-refractivity contribution in [3.8, 4) is 11.3 Å². The Kier molecular flexibility index (Phi) is 7.31. The van der Waals surface area contributed by atoms with Crippen LogP contribution in [0, 0.1) is 0 Å². The smallest absolute Gasteiger partial charge is 0.224 e. The van der Waals surface area contributed by atoms with Gasteiger partial charge in [-0.15, -0.1) is 11.3 Å². The number of nitrogens with one attached hydrogen (secondary N) is 2. The van der Waals surface area contributed by atoms with Gasteiger partial charge in [-0.25, -0.2) is 4.98 Å². The number of carbonyl (C=O) groups is 1. The molecule has 0 aliphatic heterocycles. The largest absolute Gasteiger partial charge is 0.330 e. The Morgan fingerprint density at radius 2 is 1.89 bits per heavy atom. The molecule has 0 saturated heterocycles. The van der Waals surface area contributed by atoms with Crippen molar-refractivity contribution in [1.29, 1.82) is 0 Å². The predicted octanol–water partition coefficient (Wildman–Crippen LogP) is 7.38. The van der Waals surface area contributed by atoms with Crippen molar-refractivity contribution in [2.45, 2.75) is 32.6 Å². The summed E-state index contributed by atoms with van der Waals surface area (Å²) < 4.78 is 0. The Morgan fingerprint density at radius 3 is 2.64 bits per heavy atom. The number of hydrogen-bond donors (Lipinski definition) is 2. The van der Waals surface area contributed by atoms with Gasteiger partial charge in [-0.1, -0.05) is 55.1 Å². The van der Waals surface area contributed by atoms with Crippen LogP contribution < -0.4 is 10.6 Å². The summed E-state index contributed by atoms with van der Waals surface area (Å²) in [7, 11) is 0. The minimum absolute atomic E-state index is 0.0553. The molecular formula is C21H21Cl2N3OS. The van der Waals surface area contributed by atoms with E-state index in [0.29, 0.717) is 16.5 Å². The average molecular weight is 434 g/mol. The van der Waals surface area contributed by atoms with Crippen LogP contribution in [0.15, 0.2) is 47.8 Å². The normalized spacial score (nSPS) is 10.7. The van der Waals surface area contributed by atoms with Crippen molar-refractivity contribution in [2.75, 3.05) is 10.6 Å². The summed E-state index contributed by atoms with van der Waals surface area (Å²) in [4.78, 5) is 16.5. The lowest BCUT2D eigenvalue weighted by Crippen LogP contribution is -2.10. The predicted molar refractivity (Wildman–Crippen MR) is 120 cm³/mol. The van der Waals surface area contributed by atoms with E-state index in [0.717, 1.165) is 47.0 Å². The van der Waals surface area contributed by atoms with E-state index in [2.05, 4.69) is 22.5 Å². The van der Waals surface area contributed by atoms with Gasteiger partial charge in [0, 0.05) is 28.1 Å². The van der Waals surface area contributed by atoms with Gasteiger partial charge in [-0.2, -0.15) is 0 Å². The third-order valence-corrected chi connectivity index (χ3v) is 5.47. The van der Waals surface area contributed by atoms with E-state index in [-0.39, 0.29) is 5.91 Å². The topological polar surface area (TPSA) is 54.0 Å². The van der Waals surface area contributed by atoms with Gasteiger partial charge in [-0.05, 0) is 36.8 Å². The summed E-state index contributed by atoms with van der Waals surface area (Å²) in [6.07, 6.45) is 3.66. The summed E-state index contributed by atoms with van der Waals surface area (Å²) in [5.74, 6) is 0.0553. The highest BCUT2D eigenvalue weighted by Crippen LogP contribution is 2.32. The molecule has 3 rings (SSSR count). The molecule has 0 fully saturated rings. The molecule has 0 unspecified atom stereocenters. The molecule has 1 amide bonds. The lowest BCUT2D eigenvalue weighted by atomic mass is 10.1. The van der Waals surface area contributed by atoms with Crippen LogP contribution in [0.3, 0.4) is 0 Å². The highest BCUT2D eigenvalue weighted by molar-refractivity contribution is 7.14. The van der Waals surface area contributed by atoms with Crippen molar-refractivity contribution < 1.29 is 4.79 Å². The Hall–Kier alpha value is -2.08. The summed E-state index contributed by atoms with van der Waals surface area (Å²) in [5, 5.41) is 10.0. The summed E-state index contributed by atoms with van der Waals surface area (Å²) in [5.41, 5.74) is 3.35. The first-order chi connectivity index (χ1) is 13.5. The number of hydrogen-bond acceptors (Lipinski definition) is 4. The fraction of sp³-hybridized carbons (Fsp3) is 0.238. The van der Waals surface area contributed by atoms with Gasteiger partial charge < -0.3 is 10.6 Å². The van der Waals surface area contributed by atoms with E-state index < -0.39 is 0 Å². The van der Waals surface area contributed by atoms with Gasteiger partial charge in [0.05, 0.1) is 16.4 Å². The van der Waals surface area contributed by atoms with Gasteiger partial charge in [0.2, 0.25) is 5.91 Å². The molecule has 0 spiro atoms. The van der Waals surface area contributed by atoms with E-state index in [9.17, 15) is 4.79 Å². The van der Waals surface area contributed by atoms with E-state index in [1.54, 1.807) is 18.2 Å². The molecule has 1 heterocycles. The molecule has 7 heteroatoms. The number of amides is 1. The quantitative estimate of drug-likeness (QED) is 0.364. The number of anilines is 3. The first kappa shape index (κ1) is 20.6. The van der Waals surface area contributed by atoms with Gasteiger partial charge in [-0.3, -0.25) is 4.79 Å². The second-order valence-corrected chi connectivity index (χ2v) is 8.07. The highest BCUT2D eigenvalue weighted by Gasteiger charge is 2.08. The Morgan fingerprint density at radius 1 is 1.11 bits per heavy atom. The summed E-state index contributed by atoms with van der Waals surface area (Å²) >= 11 is 13.7. The zero-order chi connectivity index (χ0) is 19.9. The Labute approximate surface area is 178 Å². The molecule has 2 aromatic carbocycles. The van der Waals surface area contributed by atoms with Crippen molar-refractivity contribution in [3.63, 3.8) is 0 Å². The lowest BCUT2D eigenvalue weighted by molar-refractivity contribution is -0.116. The summed E-state index contributed by atoms with van der Waals surface area (Å²) in [6.45, 7) is 2.12. The molecule has 146 valence electrons. The molecule has 4 nitrogen and oxygen atoms in total. The van der Waals surface area contributed by atoms with Gasteiger partial charge in [0.1, 0.15) is 0 Å². The average Bonchev–Trinajstić information content (AvgIpc) is 3.14. The fourth-order valence-electron chi connectivity index (χ4n) is 2.66. The van der Waals surface area contributed by atoms with E-state index in [1.165, 1.54) is 11.3 Å². The number of aromatic nitrogens is 1. The molecule has 3 aromatic rings. The Balaban J connectivity index is 1.63. The summed E-state index contributed by atoms with van der Waals surface area (Å²) in [6, 6.07) is 13.0. The Bertz CT molecular complexity index is 941. The molecule has 0 radical (unpaired) electrons. The fourth-order valence-corrected chi connectivity index (χ4v) is 3.72. The molecule has 2 N–H and O–H groups in total. The van der Waals surface area contributed by atoms with Crippen LogP contribution in [0.1, 0.15) is 32.6 Å².